The molecule has 24 heavy (non-hydrogen) atoms. The van der Waals surface area contributed by atoms with Crippen molar-refractivity contribution in [3.8, 4) is 0 Å². The van der Waals surface area contributed by atoms with Gasteiger partial charge in [-0.3, -0.25) is 4.79 Å². The van der Waals surface area contributed by atoms with E-state index in [0.717, 1.165) is 0 Å². The van der Waals surface area contributed by atoms with Crippen molar-refractivity contribution < 1.29 is 13.2 Å². The molecule has 1 amide bonds. The lowest BCUT2D eigenvalue weighted by atomic mass is 10.2. The molecule has 0 unspecified atom stereocenters. The molecule has 0 spiro atoms. The molecule has 2 aromatic carbocycles. The second-order valence-electron chi connectivity index (χ2n) is 5.07. The third kappa shape index (κ3) is 4.47. The van der Waals surface area contributed by atoms with E-state index in [0.29, 0.717) is 22.0 Å². The number of carbonyl (C=O) groups excluding carboxylic acids is 1. The quantitative estimate of drug-likeness (QED) is 0.732. The molecule has 0 bridgehead atoms. The van der Waals surface area contributed by atoms with E-state index in [1.165, 1.54) is 13.1 Å². The first-order chi connectivity index (χ1) is 11.3. The van der Waals surface area contributed by atoms with Crippen LogP contribution in [0.3, 0.4) is 0 Å². The Morgan fingerprint density at radius 1 is 1.17 bits per heavy atom. The van der Waals surface area contributed by atoms with Crippen LogP contribution in [0.1, 0.15) is 5.56 Å². The number of para-hydroxylation sites is 1. The van der Waals surface area contributed by atoms with E-state index in [-0.39, 0.29) is 17.3 Å². The van der Waals surface area contributed by atoms with Crippen LogP contribution in [0, 0.1) is 6.92 Å². The molecule has 6 nitrogen and oxygen atoms in total. The van der Waals surface area contributed by atoms with Gasteiger partial charge in [0.05, 0.1) is 22.2 Å². The van der Waals surface area contributed by atoms with Gasteiger partial charge in [-0.1, -0.05) is 29.8 Å². The molecule has 8 heteroatoms. The number of amides is 1. The number of nitrogens with one attached hydrogen (secondary N) is 3. The fraction of sp³-hybridized carbons (Fsp3) is 0.188. The van der Waals surface area contributed by atoms with Gasteiger partial charge in [0.2, 0.25) is 15.9 Å². The molecule has 0 heterocycles. The van der Waals surface area contributed by atoms with Crippen LogP contribution in [0.4, 0.5) is 11.4 Å². The molecular weight excluding hydrogens is 350 g/mol. The topological polar surface area (TPSA) is 87.3 Å². The lowest BCUT2D eigenvalue weighted by Gasteiger charge is -2.11. The van der Waals surface area contributed by atoms with Crippen molar-refractivity contribution in [1.82, 2.24) is 4.72 Å². The first kappa shape index (κ1) is 18.3. The van der Waals surface area contributed by atoms with E-state index in [1.807, 2.05) is 0 Å². The number of rotatable bonds is 6. The van der Waals surface area contributed by atoms with Gasteiger partial charge in [-0.15, -0.1) is 0 Å². The number of halogens is 1. The number of aryl methyl sites for hydroxylation is 1. The van der Waals surface area contributed by atoms with Crippen LogP contribution in [0.25, 0.3) is 0 Å². The molecule has 0 aliphatic carbocycles. The molecule has 0 saturated carbocycles. The Hall–Kier alpha value is -2.09. The zero-order valence-electron chi connectivity index (χ0n) is 13.3. The Morgan fingerprint density at radius 2 is 1.88 bits per heavy atom. The SMILES string of the molecule is CNS(=O)(=O)c1cc(NC(=O)CNc2ccccc2Cl)ccc1C. The molecule has 0 saturated heterocycles. The first-order valence-corrected chi connectivity index (χ1v) is 9.02. The van der Waals surface area contributed by atoms with E-state index < -0.39 is 10.0 Å². The molecule has 0 aromatic heterocycles. The van der Waals surface area contributed by atoms with Gasteiger partial charge in [-0.25, -0.2) is 13.1 Å². The van der Waals surface area contributed by atoms with Crippen molar-refractivity contribution >= 4 is 38.9 Å². The zero-order valence-corrected chi connectivity index (χ0v) is 14.8. The minimum atomic E-state index is -3.58. The highest BCUT2D eigenvalue weighted by atomic mass is 35.5. The average molecular weight is 368 g/mol. The Morgan fingerprint density at radius 3 is 2.54 bits per heavy atom. The summed E-state index contributed by atoms with van der Waals surface area (Å²) >= 11 is 6.00. The van der Waals surface area contributed by atoms with Crippen LogP contribution >= 0.6 is 11.6 Å². The smallest absolute Gasteiger partial charge is 0.243 e. The Bertz CT molecular complexity index is 853. The number of anilines is 2. The fourth-order valence-corrected chi connectivity index (χ4v) is 3.26. The Labute approximate surface area is 146 Å². The maximum atomic E-state index is 12.0. The highest BCUT2D eigenvalue weighted by Gasteiger charge is 2.15. The molecule has 0 fully saturated rings. The summed E-state index contributed by atoms with van der Waals surface area (Å²) in [7, 11) is -2.24. The minimum absolute atomic E-state index is 0.00568. The largest absolute Gasteiger partial charge is 0.375 e. The van der Waals surface area contributed by atoms with Gasteiger partial charge in [-0.05, 0) is 43.8 Å². The van der Waals surface area contributed by atoms with Gasteiger partial charge in [-0.2, -0.15) is 0 Å². The summed E-state index contributed by atoms with van der Waals surface area (Å²) in [5.74, 6) is -0.313. The van der Waals surface area contributed by atoms with E-state index in [1.54, 1.807) is 43.3 Å². The molecule has 0 aliphatic heterocycles. The maximum absolute atomic E-state index is 12.0. The second-order valence-corrected chi connectivity index (χ2v) is 7.33. The van der Waals surface area contributed by atoms with Gasteiger partial charge < -0.3 is 10.6 Å². The van der Waals surface area contributed by atoms with E-state index >= 15 is 0 Å². The summed E-state index contributed by atoms with van der Waals surface area (Å²) in [6, 6.07) is 11.8. The number of sulfonamides is 1. The van der Waals surface area contributed by atoms with Gasteiger partial charge in [0.25, 0.3) is 0 Å². The van der Waals surface area contributed by atoms with E-state index in [2.05, 4.69) is 15.4 Å². The summed E-state index contributed by atoms with van der Waals surface area (Å²) in [4.78, 5) is 12.2. The summed E-state index contributed by atoms with van der Waals surface area (Å²) in [5.41, 5.74) is 1.65. The van der Waals surface area contributed by atoms with Crippen LogP contribution in [-0.4, -0.2) is 27.9 Å². The monoisotopic (exact) mass is 367 g/mol. The maximum Gasteiger partial charge on any atom is 0.243 e. The molecule has 3 N–H and O–H groups in total. The van der Waals surface area contributed by atoms with Gasteiger partial charge >= 0.3 is 0 Å². The molecule has 2 rings (SSSR count). The highest BCUT2D eigenvalue weighted by molar-refractivity contribution is 7.89. The number of hydrogen-bond acceptors (Lipinski definition) is 4. The lowest BCUT2D eigenvalue weighted by Crippen LogP contribution is -2.23. The van der Waals surface area contributed by atoms with E-state index in [9.17, 15) is 13.2 Å². The lowest BCUT2D eigenvalue weighted by molar-refractivity contribution is -0.114. The van der Waals surface area contributed by atoms with Crippen molar-refractivity contribution in [2.45, 2.75) is 11.8 Å². The highest BCUT2D eigenvalue weighted by Crippen LogP contribution is 2.21. The molecule has 128 valence electrons. The standard InChI is InChI=1S/C16H18ClN3O3S/c1-11-7-8-12(9-15(11)24(22,23)18-2)20-16(21)10-19-14-6-4-3-5-13(14)17/h3-9,18-19H,10H2,1-2H3,(H,20,21). The van der Waals surface area contributed by atoms with E-state index in [4.69, 9.17) is 11.6 Å². The molecule has 0 radical (unpaired) electrons. The third-order valence-electron chi connectivity index (χ3n) is 3.34. The van der Waals surface area contributed by atoms with Crippen molar-refractivity contribution in [2.24, 2.45) is 0 Å². The van der Waals surface area contributed by atoms with Crippen LogP contribution < -0.4 is 15.4 Å². The molecule has 0 aliphatic rings. The van der Waals surface area contributed by atoms with Crippen LogP contribution in [0.15, 0.2) is 47.4 Å². The van der Waals surface area contributed by atoms with Gasteiger partial charge in [0.1, 0.15) is 0 Å². The van der Waals surface area contributed by atoms with Crippen molar-refractivity contribution in [3.05, 3.63) is 53.1 Å². The third-order valence-corrected chi connectivity index (χ3v) is 5.23. The predicted octanol–water partition coefficient (Wildman–Crippen LogP) is 2.61. The summed E-state index contributed by atoms with van der Waals surface area (Å²) < 4.78 is 26.2. The predicted molar refractivity (Wildman–Crippen MR) is 96.0 cm³/mol. The van der Waals surface area contributed by atoms with Crippen LogP contribution in [-0.2, 0) is 14.8 Å². The number of carbonyl (C=O) groups is 1. The van der Waals surface area contributed by atoms with Crippen molar-refractivity contribution in [3.63, 3.8) is 0 Å². The first-order valence-electron chi connectivity index (χ1n) is 7.16. The normalized spacial score (nSPS) is 11.1. The fourth-order valence-electron chi connectivity index (χ4n) is 2.06. The number of hydrogen-bond donors (Lipinski definition) is 3. The Balaban J connectivity index is 2.07. The second kappa shape index (κ2) is 7.65. The number of benzene rings is 2. The van der Waals surface area contributed by atoms with Crippen molar-refractivity contribution in [1.29, 1.82) is 0 Å². The molecule has 2 aromatic rings. The summed E-state index contributed by atoms with van der Waals surface area (Å²) in [6.07, 6.45) is 0. The molecule has 0 atom stereocenters. The minimum Gasteiger partial charge on any atom is -0.375 e. The summed E-state index contributed by atoms with van der Waals surface area (Å²) in [5, 5.41) is 6.10. The van der Waals surface area contributed by atoms with Gasteiger partial charge in [0.15, 0.2) is 0 Å². The molecular formula is C16H18ClN3O3S. The van der Waals surface area contributed by atoms with Crippen LogP contribution in [0.5, 0.6) is 0 Å². The Kier molecular flexibility index (Phi) is 5.82. The zero-order chi connectivity index (χ0) is 17.7. The average Bonchev–Trinajstić information content (AvgIpc) is 2.55. The van der Waals surface area contributed by atoms with Crippen LogP contribution in [0.2, 0.25) is 5.02 Å². The summed E-state index contributed by atoms with van der Waals surface area (Å²) in [6.45, 7) is 1.69. The van der Waals surface area contributed by atoms with Crippen molar-refractivity contribution in [2.75, 3.05) is 24.2 Å². The van der Waals surface area contributed by atoms with Gasteiger partial charge in [0, 0.05) is 5.69 Å².